The topological polar surface area (TPSA) is 93.5 Å². The molecule has 32 heavy (non-hydrogen) atoms. The molecule has 0 bridgehead atoms. The first-order chi connectivity index (χ1) is 15.2. The number of hydrogen-bond acceptors (Lipinski definition) is 6. The minimum Gasteiger partial charge on any atom is -0.492 e. The summed E-state index contributed by atoms with van der Waals surface area (Å²) < 4.78 is 50.3. The van der Waals surface area contributed by atoms with Crippen molar-refractivity contribution in [2.75, 3.05) is 18.2 Å². The minimum atomic E-state index is -2.72. The number of nitrogens with zero attached hydrogens (tertiary/aromatic N) is 3. The second-order valence-electron chi connectivity index (χ2n) is 7.44. The van der Waals surface area contributed by atoms with Crippen molar-refractivity contribution in [2.24, 2.45) is 4.36 Å². The van der Waals surface area contributed by atoms with Crippen molar-refractivity contribution in [3.05, 3.63) is 65.5 Å². The van der Waals surface area contributed by atoms with Crippen LogP contribution in [0, 0.1) is 11.6 Å². The van der Waals surface area contributed by atoms with Gasteiger partial charge in [0.05, 0.1) is 28.3 Å². The van der Waals surface area contributed by atoms with Crippen LogP contribution in [0.15, 0.2) is 47.1 Å². The molecule has 3 heterocycles. The Bertz CT molecular complexity index is 1340. The number of amides is 1. The molecule has 0 saturated heterocycles. The molecule has 1 aliphatic heterocycles. The van der Waals surface area contributed by atoms with E-state index < -0.39 is 21.5 Å². The lowest BCUT2D eigenvalue weighted by atomic mass is 10.0. The molecule has 0 saturated carbocycles. The Labute approximate surface area is 184 Å². The van der Waals surface area contributed by atoms with E-state index in [1.807, 2.05) is 0 Å². The van der Waals surface area contributed by atoms with Gasteiger partial charge in [-0.1, -0.05) is 0 Å². The molecule has 0 aliphatic carbocycles. The van der Waals surface area contributed by atoms with Gasteiger partial charge in [0.15, 0.2) is 0 Å². The molecule has 1 amide bonds. The number of halogens is 2. The lowest BCUT2D eigenvalue weighted by Gasteiger charge is -2.12. The largest absolute Gasteiger partial charge is 0.492 e. The Morgan fingerprint density at radius 1 is 1.16 bits per heavy atom. The van der Waals surface area contributed by atoms with Gasteiger partial charge in [0, 0.05) is 42.5 Å². The highest BCUT2D eigenvalue weighted by Gasteiger charge is 2.23. The summed E-state index contributed by atoms with van der Waals surface area (Å²) in [4.78, 5) is 19.4. The summed E-state index contributed by atoms with van der Waals surface area (Å²) in [7, 11) is -2.72. The van der Waals surface area contributed by atoms with Crippen LogP contribution in [0.3, 0.4) is 0 Å². The van der Waals surface area contributed by atoms with Crippen molar-refractivity contribution in [1.29, 1.82) is 0 Å². The van der Waals surface area contributed by atoms with E-state index in [0.29, 0.717) is 47.1 Å². The number of hydrogen-bond donors (Lipinski definition) is 1. The summed E-state index contributed by atoms with van der Waals surface area (Å²) in [5.41, 5.74) is 1.75. The molecule has 1 aliphatic rings. The zero-order valence-electron chi connectivity index (χ0n) is 17.4. The van der Waals surface area contributed by atoms with E-state index in [1.165, 1.54) is 37.6 Å². The first-order valence-corrected chi connectivity index (χ1v) is 11.8. The summed E-state index contributed by atoms with van der Waals surface area (Å²) in [6, 6.07) is 7.61. The van der Waals surface area contributed by atoms with Crippen LogP contribution >= 0.6 is 0 Å². The SMILES string of the molecule is CC(=O)N=S(C)(=O)Cc1ccnc(Nc2cc(-c3ccc(F)c4c3OCC4)c(F)cn2)c1. The molecule has 7 nitrogen and oxygen atoms in total. The predicted molar refractivity (Wildman–Crippen MR) is 117 cm³/mol. The van der Waals surface area contributed by atoms with E-state index in [1.54, 1.807) is 12.1 Å². The molecule has 10 heteroatoms. The first-order valence-electron chi connectivity index (χ1n) is 9.74. The van der Waals surface area contributed by atoms with Crippen LogP contribution in [0.4, 0.5) is 20.4 Å². The lowest BCUT2D eigenvalue weighted by Crippen LogP contribution is -2.05. The smallest absolute Gasteiger partial charge is 0.250 e. The van der Waals surface area contributed by atoms with Crippen LogP contribution < -0.4 is 10.1 Å². The van der Waals surface area contributed by atoms with Crippen LogP contribution in [0.5, 0.6) is 5.75 Å². The monoisotopic (exact) mass is 458 g/mol. The van der Waals surface area contributed by atoms with Crippen molar-refractivity contribution < 1.29 is 22.5 Å². The average Bonchev–Trinajstić information content (AvgIpc) is 3.20. The fourth-order valence-electron chi connectivity index (χ4n) is 3.56. The Kier molecular flexibility index (Phi) is 5.88. The molecule has 2 aromatic heterocycles. The number of pyridine rings is 2. The Balaban J connectivity index is 1.63. The van der Waals surface area contributed by atoms with Gasteiger partial charge in [-0.2, -0.15) is 4.36 Å². The number of anilines is 2. The maximum atomic E-state index is 14.6. The van der Waals surface area contributed by atoms with Gasteiger partial charge in [-0.3, -0.25) is 4.79 Å². The molecular formula is C22H20F2N4O3S. The van der Waals surface area contributed by atoms with Crippen molar-refractivity contribution in [3.63, 3.8) is 0 Å². The van der Waals surface area contributed by atoms with Crippen LogP contribution in [0.2, 0.25) is 0 Å². The van der Waals surface area contributed by atoms with Gasteiger partial charge in [-0.15, -0.1) is 0 Å². The molecule has 1 N–H and O–H groups in total. The van der Waals surface area contributed by atoms with E-state index in [0.717, 1.165) is 6.20 Å². The number of nitrogens with one attached hydrogen (secondary N) is 1. The van der Waals surface area contributed by atoms with E-state index >= 15 is 0 Å². The highest BCUT2D eigenvalue weighted by molar-refractivity contribution is 7.92. The maximum absolute atomic E-state index is 14.6. The Hall–Kier alpha value is -3.40. The van der Waals surface area contributed by atoms with Crippen molar-refractivity contribution in [1.82, 2.24) is 9.97 Å². The number of fused-ring (bicyclic) bond motifs is 1. The van der Waals surface area contributed by atoms with Gasteiger partial charge in [0.25, 0.3) is 5.91 Å². The zero-order chi connectivity index (χ0) is 22.9. The molecule has 3 aromatic rings. The molecular weight excluding hydrogens is 438 g/mol. The molecule has 4 rings (SSSR count). The summed E-state index contributed by atoms with van der Waals surface area (Å²) in [6.07, 6.45) is 4.43. The summed E-state index contributed by atoms with van der Waals surface area (Å²) in [5.74, 6) is -0.321. The quantitative estimate of drug-likeness (QED) is 0.615. The Morgan fingerprint density at radius 2 is 1.94 bits per heavy atom. The first kappa shape index (κ1) is 21.8. The van der Waals surface area contributed by atoms with Crippen LogP contribution in [-0.2, 0) is 26.7 Å². The average molecular weight is 458 g/mol. The summed E-state index contributed by atoms with van der Waals surface area (Å²) >= 11 is 0. The number of rotatable bonds is 5. The standard InChI is InChI=1S/C22H20F2N4O3S/c1-13(29)28-32(2,30)12-14-5-7-25-20(9-14)27-21-10-17(19(24)11-26-21)15-3-4-18(23)16-6-8-31-22(15)16/h3-5,7,9-11H,6,8,12H2,1-2H3,(H,25,26,27). The van der Waals surface area contributed by atoms with Gasteiger partial charge in [0.2, 0.25) is 0 Å². The number of benzene rings is 1. The van der Waals surface area contributed by atoms with Crippen molar-refractivity contribution >= 4 is 27.3 Å². The highest BCUT2D eigenvalue weighted by atomic mass is 32.2. The molecule has 1 aromatic carbocycles. The predicted octanol–water partition coefficient (Wildman–Crippen LogP) is 4.24. The zero-order valence-corrected chi connectivity index (χ0v) is 18.2. The maximum Gasteiger partial charge on any atom is 0.250 e. The fraction of sp³-hybridized carbons (Fsp3) is 0.227. The van der Waals surface area contributed by atoms with Crippen molar-refractivity contribution in [3.8, 4) is 16.9 Å². The second-order valence-corrected chi connectivity index (χ2v) is 9.83. The van der Waals surface area contributed by atoms with Gasteiger partial charge in [-0.05, 0) is 35.9 Å². The number of aromatic nitrogens is 2. The number of carbonyl (C=O) groups excluding carboxylic acids is 1. The molecule has 0 fully saturated rings. The van der Waals surface area contributed by atoms with E-state index in [-0.39, 0.29) is 17.1 Å². The summed E-state index contributed by atoms with van der Waals surface area (Å²) in [6.45, 7) is 1.59. The van der Waals surface area contributed by atoms with E-state index in [2.05, 4.69) is 19.6 Å². The Morgan fingerprint density at radius 3 is 2.72 bits per heavy atom. The normalized spacial score (nSPS) is 14.2. The van der Waals surface area contributed by atoms with Crippen molar-refractivity contribution in [2.45, 2.75) is 19.1 Å². The molecule has 0 spiro atoms. The molecule has 1 unspecified atom stereocenters. The van der Waals surface area contributed by atoms with Crippen LogP contribution in [0.1, 0.15) is 18.1 Å². The van der Waals surface area contributed by atoms with Crippen LogP contribution in [0.25, 0.3) is 11.1 Å². The molecule has 166 valence electrons. The van der Waals surface area contributed by atoms with Gasteiger partial charge < -0.3 is 10.1 Å². The van der Waals surface area contributed by atoms with E-state index in [9.17, 15) is 17.8 Å². The van der Waals surface area contributed by atoms with Gasteiger partial charge >= 0.3 is 0 Å². The highest BCUT2D eigenvalue weighted by Crippen LogP contribution is 2.39. The third kappa shape index (κ3) is 4.75. The number of ether oxygens (including phenoxy) is 1. The van der Waals surface area contributed by atoms with Gasteiger partial charge in [-0.25, -0.2) is 23.0 Å². The summed E-state index contributed by atoms with van der Waals surface area (Å²) in [5, 5.41) is 2.99. The second kappa shape index (κ2) is 8.62. The van der Waals surface area contributed by atoms with Gasteiger partial charge in [0.1, 0.15) is 29.0 Å². The third-order valence-corrected chi connectivity index (χ3v) is 6.30. The molecule has 0 radical (unpaired) electrons. The molecule has 1 atom stereocenters. The lowest BCUT2D eigenvalue weighted by molar-refractivity contribution is -0.115. The van der Waals surface area contributed by atoms with Crippen LogP contribution in [-0.4, -0.2) is 32.9 Å². The fourth-order valence-corrected chi connectivity index (χ4v) is 4.97. The number of carbonyl (C=O) groups is 1. The van der Waals surface area contributed by atoms with E-state index in [4.69, 9.17) is 4.74 Å². The minimum absolute atomic E-state index is 0.0743. The third-order valence-electron chi connectivity index (χ3n) is 4.78.